The Morgan fingerprint density at radius 1 is 1.26 bits per heavy atom. The Morgan fingerprint density at radius 3 is 2.42 bits per heavy atom. The van der Waals surface area contributed by atoms with Gasteiger partial charge in [0.15, 0.2) is 0 Å². The van der Waals surface area contributed by atoms with Crippen molar-refractivity contribution in [2.45, 2.75) is 39.3 Å². The fourth-order valence-electron chi connectivity index (χ4n) is 2.79. The van der Waals surface area contributed by atoms with Crippen molar-refractivity contribution in [2.24, 2.45) is 0 Å². The molecular weight excluding hydrogens is 238 g/mol. The highest BCUT2D eigenvalue weighted by Crippen LogP contribution is 2.26. The molecule has 106 valence electrons. The number of likely N-dealkylation sites (N-methyl/N-ethyl adjacent to an activating group) is 1. The monoisotopic (exact) mass is 263 g/mol. The Kier molecular flexibility index (Phi) is 4.24. The largest absolute Gasteiger partial charge is 0.373 e. The van der Waals surface area contributed by atoms with Gasteiger partial charge in [0, 0.05) is 37.8 Å². The van der Waals surface area contributed by atoms with Gasteiger partial charge in [0.1, 0.15) is 18.0 Å². The van der Waals surface area contributed by atoms with Crippen LogP contribution in [0.3, 0.4) is 0 Å². The summed E-state index contributed by atoms with van der Waals surface area (Å²) in [6.07, 6.45) is 2.61. The van der Waals surface area contributed by atoms with E-state index in [2.05, 4.69) is 52.9 Å². The van der Waals surface area contributed by atoms with E-state index in [4.69, 9.17) is 0 Å². The molecule has 5 nitrogen and oxygen atoms in total. The third kappa shape index (κ3) is 2.66. The second-order valence-corrected chi connectivity index (χ2v) is 5.40. The molecule has 1 fully saturated rings. The molecule has 2 heterocycles. The summed E-state index contributed by atoms with van der Waals surface area (Å²) in [5.41, 5.74) is 1.22. The molecule has 1 aromatic rings. The Balaban J connectivity index is 2.31. The number of nitrogens with zero attached hydrogens (tertiary/aromatic N) is 4. The molecule has 0 bridgehead atoms. The molecule has 1 aromatic heterocycles. The number of aromatic nitrogens is 2. The van der Waals surface area contributed by atoms with Crippen LogP contribution in [-0.2, 0) is 6.42 Å². The molecule has 0 aromatic carbocycles. The zero-order valence-corrected chi connectivity index (χ0v) is 12.6. The second kappa shape index (κ2) is 5.74. The van der Waals surface area contributed by atoms with Crippen molar-refractivity contribution in [3.05, 3.63) is 11.9 Å². The van der Waals surface area contributed by atoms with E-state index in [9.17, 15) is 0 Å². The Labute approximate surface area is 116 Å². The summed E-state index contributed by atoms with van der Waals surface area (Å²) in [5, 5.41) is 3.17. The predicted octanol–water partition coefficient (Wildman–Crippen LogP) is 1.61. The third-order valence-corrected chi connectivity index (χ3v) is 4.17. The Morgan fingerprint density at radius 2 is 1.89 bits per heavy atom. The highest BCUT2D eigenvalue weighted by molar-refractivity contribution is 5.59. The fraction of sp³-hybridized carbons (Fsp3) is 0.714. The molecule has 2 atom stereocenters. The van der Waals surface area contributed by atoms with Crippen molar-refractivity contribution in [3.63, 3.8) is 0 Å². The van der Waals surface area contributed by atoms with E-state index in [1.54, 1.807) is 6.33 Å². The first-order valence-corrected chi connectivity index (χ1v) is 7.07. The van der Waals surface area contributed by atoms with Gasteiger partial charge in [0.2, 0.25) is 0 Å². The molecule has 0 amide bonds. The van der Waals surface area contributed by atoms with E-state index in [0.29, 0.717) is 12.1 Å². The molecule has 0 radical (unpaired) electrons. The van der Waals surface area contributed by atoms with Crippen molar-refractivity contribution >= 4 is 11.6 Å². The van der Waals surface area contributed by atoms with Gasteiger partial charge in [-0.25, -0.2) is 9.97 Å². The van der Waals surface area contributed by atoms with Crippen LogP contribution in [-0.4, -0.2) is 54.1 Å². The first-order chi connectivity index (χ1) is 9.08. The van der Waals surface area contributed by atoms with Crippen molar-refractivity contribution < 1.29 is 0 Å². The van der Waals surface area contributed by atoms with Crippen LogP contribution in [0.15, 0.2) is 6.33 Å². The average Bonchev–Trinajstić information content (AvgIpc) is 2.43. The predicted molar refractivity (Wildman–Crippen MR) is 79.9 cm³/mol. The van der Waals surface area contributed by atoms with E-state index in [-0.39, 0.29) is 0 Å². The third-order valence-electron chi connectivity index (χ3n) is 4.17. The number of rotatable bonds is 3. The molecule has 1 N–H and O–H groups in total. The quantitative estimate of drug-likeness (QED) is 0.897. The number of piperazine rings is 1. The molecule has 0 aliphatic carbocycles. The van der Waals surface area contributed by atoms with Crippen molar-refractivity contribution in [1.29, 1.82) is 0 Å². The molecule has 19 heavy (non-hydrogen) atoms. The molecule has 0 saturated carbocycles. The van der Waals surface area contributed by atoms with Crippen LogP contribution in [0, 0.1) is 0 Å². The summed E-state index contributed by atoms with van der Waals surface area (Å²) >= 11 is 0. The Hall–Kier alpha value is -1.36. The standard InChI is InChI=1S/C14H25N5/c1-6-12-13(15-4)16-9-17-14(12)19-7-10(2)18(5)11(3)8-19/h9-11H,6-8H2,1-5H3,(H,15,16,17). The van der Waals surface area contributed by atoms with Crippen molar-refractivity contribution in [1.82, 2.24) is 14.9 Å². The van der Waals surface area contributed by atoms with Crippen LogP contribution in [0.25, 0.3) is 0 Å². The minimum Gasteiger partial charge on any atom is -0.373 e. The summed E-state index contributed by atoms with van der Waals surface area (Å²) in [6, 6.07) is 1.09. The molecule has 1 aliphatic heterocycles. The lowest BCUT2D eigenvalue weighted by atomic mass is 10.1. The lowest BCUT2D eigenvalue weighted by molar-refractivity contribution is 0.169. The summed E-state index contributed by atoms with van der Waals surface area (Å²) < 4.78 is 0. The summed E-state index contributed by atoms with van der Waals surface area (Å²) in [5.74, 6) is 2.04. The number of anilines is 2. The van der Waals surface area contributed by atoms with E-state index in [1.165, 1.54) is 5.56 Å². The summed E-state index contributed by atoms with van der Waals surface area (Å²) in [6.45, 7) is 8.75. The smallest absolute Gasteiger partial charge is 0.137 e. The van der Waals surface area contributed by atoms with Crippen molar-refractivity contribution in [2.75, 3.05) is 37.4 Å². The van der Waals surface area contributed by atoms with Crippen LogP contribution >= 0.6 is 0 Å². The van der Waals surface area contributed by atoms with Gasteiger partial charge in [-0.3, -0.25) is 4.90 Å². The molecule has 2 unspecified atom stereocenters. The number of nitrogens with one attached hydrogen (secondary N) is 1. The molecular formula is C14H25N5. The molecule has 2 rings (SSSR count). The highest BCUT2D eigenvalue weighted by Gasteiger charge is 2.28. The van der Waals surface area contributed by atoms with Gasteiger partial charge in [-0.05, 0) is 27.3 Å². The lowest BCUT2D eigenvalue weighted by Gasteiger charge is -2.43. The Bertz CT molecular complexity index is 422. The first-order valence-electron chi connectivity index (χ1n) is 7.07. The second-order valence-electron chi connectivity index (χ2n) is 5.40. The molecule has 5 heteroatoms. The van der Waals surface area contributed by atoms with Gasteiger partial charge in [0.25, 0.3) is 0 Å². The van der Waals surface area contributed by atoms with Gasteiger partial charge >= 0.3 is 0 Å². The van der Waals surface area contributed by atoms with Crippen LogP contribution in [0.1, 0.15) is 26.3 Å². The topological polar surface area (TPSA) is 44.3 Å². The van der Waals surface area contributed by atoms with Crippen molar-refractivity contribution in [3.8, 4) is 0 Å². The zero-order valence-electron chi connectivity index (χ0n) is 12.6. The van der Waals surface area contributed by atoms with E-state index < -0.39 is 0 Å². The number of hydrogen-bond acceptors (Lipinski definition) is 5. The van der Waals surface area contributed by atoms with E-state index in [0.717, 1.165) is 31.1 Å². The highest BCUT2D eigenvalue weighted by atomic mass is 15.3. The zero-order chi connectivity index (χ0) is 14.0. The maximum Gasteiger partial charge on any atom is 0.137 e. The average molecular weight is 263 g/mol. The van der Waals surface area contributed by atoms with Crippen LogP contribution in [0.2, 0.25) is 0 Å². The SMILES string of the molecule is CCc1c(NC)ncnc1N1CC(C)N(C)C(C)C1. The van der Waals surface area contributed by atoms with Crippen LogP contribution in [0.4, 0.5) is 11.6 Å². The molecule has 1 saturated heterocycles. The van der Waals surface area contributed by atoms with Crippen LogP contribution < -0.4 is 10.2 Å². The number of hydrogen-bond donors (Lipinski definition) is 1. The van der Waals surface area contributed by atoms with Gasteiger partial charge in [-0.1, -0.05) is 6.92 Å². The summed E-state index contributed by atoms with van der Waals surface area (Å²) in [7, 11) is 4.12. The first kappa shape index (κ1) is 14.1. The minimum atomic E-state index is 0.543. The van der Waals surface area contributed by atoms with Gasteiger partial charge in [-0.2, -0.15) is 0 Å². The normalized spacial score (nSPS) is 24.6. The van der Waals surface area contributed by atoms with Gasteiger partial charge in [0.05, 0.1) is 0 Å². The van der Waals surface area contributed by atoms with E-state index >= 15 is 0 Å². The minimum absolute atomic E-state index is 0.543. The van der Waals surface area contributed by atoms with Gasteiger partial charge < -0.3 is 10.2 Å². The van der Waals surface area contributed by atoms with Gasteiger partial charge in [-0.15, -0.1) is 0 Å². The summed E-state index contributed by atoms with van der Waals surface area (Å²) in [4.78, 5) is 13.7. The molecule has 1 aliphatic rings. The van der Waals surface area contributed by atoms with Crippen LogP contribution in [0.5, 0.6) is 0 Å². The van der Waals surface area contributed by atoms with E-state index in [1.807, 2.05) is 7.05 Å². The maximum absolute atomic E-state index is 4.53. The lowest BCUT2D eigenvalue weighted by Crippen LogP contribution is -2.55. The maximum atomic E-state index is 4.53. The molecule has 0 spiro atoms. The fourth-order valence-corrected chi connectivity index (χ4v) is 2.79.